The normalized spacial score (nSPS) is 10.3. The van der Waals surface area contributed by atoms with Crippen molar-refractivity contribution in [3.05, 3.63) is 28.3 Å². The molecule has 0 unspecified atom stereocenters. The van der Waals surface area contributed by atoms with Crippen molar-refractivity contribution in [1.29, 1.82) is 0 Å². The lowest BCUT2D eigenvalue weighted by molar-refractivity contribution is 0.0554. The van der Waals surface area contributed by atoms with Crippen molar-refractivity contribution in [1.82, 2.24) is 5.16 Å². The number of rotatable bonds is 2. The summed E-state index contributed by atoms with van der Waals surface area (Å²) in [5, 5.41) is 3.74. The molecule has 2 heterocycles. The van der Waals surface area contributed by atoms with Gasteiger partial charge in [0.25, 0.3) is 0 Å². The van der Waals surface area contributed by atoms with E-state index < -0.39 is 5.97 Å². The number of nitrogens with zero attached hydrogens (tertiary/aromatic N) is 1. The molecule has 0 saturated heterocycles. The zero-order chi connectivity index (χ0) is 10.8. The fraction of sp³-hybridized carbons (Fsp3) is 0.111. The summed E-state index contributed by atoms with van der Waals surface area (Å²) in [5.41, 5.74) is 0.576. The van der Waals surface area contributed by atoms with Gasteiger partial charge >= 0.3 is 5.97 Å². The van der Waals surface area contributed by atoms with E-state index in [4.69, 9.17) is 16.1 Å². The van der Waals surface area contributed by atoms with Crippen LogP contribution in [0.2, 0.25) is 4.34 Å². The minimum atomic E-state index is -0.545. The number of hydrogen-bond donors (Lipinski definition) is 0. The maximum atomic E-state index is 11.1. The molecule has 78 valence electrons. The number of carbonyl (C=O) groups is 1. The molecule has 0 aromatic carbocycles. The van der Waals surface area contributed by atoms with Gasteiger partial charge in [-0.15, -0.1) is 11.3 Å². The summed E-state index contributed by atoms with van der Waals surface area (Å²) in [6.07, 6.45) is 0. The van der Waals surface area contributed by atoms with Crippen LogP contribution < -0.4 is 0 Å². The maximum Gasteiger partial charge on any atom is 0.376 e. The van der Waals surface area contributed by atoms with Gasteiger partial charge in [-0.25, -0.2) is 4.79 Å². The first-order chi connectivity index (χ1) is 7.20. The highest BCUT2D eigenvalue weighted by atomic mass is 35.5. The highest BCUT2D eigenvalue weighted by Gasteiger charge is 2.14. The Balaban J connectivity index is 2.31. The summed E-state index contributed by atoms with van der Waals surface area (Å²) in [5.74, 6) is -0.464. The number of methoxy groups -OCH3 is 1. The van der Waals surface area contributed by atoms with E-state index in [0.717, 1.165) is 4.88 Å². The summed E-state index contributed by atoms with van der Waals surface area (Å²) < 4.78 is 9.98. The Hall–Kier alpha value is -1.33. The molecule has 0 aliphatic heterocycles. The molecule has 0 spiro atoms. The molecule has 2 rings (SSSR count). The predicted molar refractivity (Wildman–Crippen MR) is 56.2 cm³/mol. The van der Waals surface area contributed by atoms with Crippen molar-refractivity contribution in [2.45, 2.75) is 0 Å². The first-order valence-corrected chi connectivity index (χ1v) is 5.21. The number of halogens is 1. The zero-order valence-corrected chi connectivity index (χ0v) is 9.26. The van der Waals surface area contributed by atoms with Crippen LogP contribution in [0.25, 0.3) is 10.6 Å². The van der Waals surface area contributed by atoms with Crippen LogP contribution in [0.15, 0.2) is 22.7 Å². The third-order valence-electron chi connectivity index (χ3n) is 1.72. The molecule has 0 amide bonds. The van der Waals surface area contributed by atoms with Gasteiger partial charge in [-0.05, 0) is 12.1 Å². The molecule has 4 nitrogen and oxygen atoms in total. The van der Waals surface area contributed by atoms with Gasteiger partial charge in [0.2, 0.25) is 5.76 Å². The molecular formula is C9H6ClNO3S. The quantitative estimate of drug-likeness (QED) is 0.761. The number of ether oxygens (including phenoxy) is 1. The van der Waals surface area contributed by atoms with Gasteiger partial charge < -0.3 is 9.26 Å². The molecule has 15 heavy (non-hydrogen) atoms. The van der Waals surface area contributed by atoms with Crippen LogP contribution in [-0.4, -0.2) is 18.2 Å². The van der Waals surface area contributed by atoms with Crippen LogP contribution in [0, 0.1) is 0 Å². The van der Waals surface area contributed by atoms with E-state index in [1.807, 2.05) is 6.07 Å². The fourth-order valence-electron chi connectivity index (χ4n) is 1.04. The van der Waals surface area contributed by atoms with Crippen molar-refractivity contribution in [3.63, 3.8) is 0 Å². The van der Waals surface area contributed by atoms with Crippen LogP contribution in [0.5, 0.6) is 0 Å². The topological polar surface area (TPSA) is 52.3 Å². The van der Waals surface area contributed by atoms with E-state index in [9.17, 15) is 4.79 Å². The summed E-state index contributed by atoms with van der Waals surface area (Å²) in [4.78, 5) is 11.9. The van der Waals surface area contributed by atoms with Crippen molar-refractivity contribution in [2.75, 3.05) is 7.11 Å². The van der Waals surface area contributed by atoms with Crippen LogP contribution in [0.4, 0.5) is 0 Å². The van der Waals surface area contributed by atoms with Gasteiger partial charge in [0.15, 0.2) is 0 Å². The number of esters is 1. The van der Waals surface area contributed by atoms with Crippen LogP contribution in [0.3, 0.4) is 0 Å². The second-order valence-corrected chi connectivity index (χ2v) is 4.39. The summed E-state index contributed by atoms with van der Waals surface area (Å²) in [6.45, 7) is 0. The third kappa shape index (κ3) is 2.03. The van der Waals surface area contributed by atoms with Gasteiger partial charge in [0, 0.05) is 6.07 Å². The van der Waals surface area contributed by atoms with Gasteiger partial charge in [-0.2, -0.15) is 0 Å². The highest BCUT2D eigenvalue weighted by Crippen LogP contribution is 2.30. The molecule has 6 heteroatoms. The van der Waals surface area contributed by atoms with E-state index in [0.29, 0.717) is 10.0 Å². The van der Waals surface area contributed by atoms with Crippen molar-refractivity contribution < 1.29 is 14.1 Å². The second kappa shape index (κ2) is 4.04. The average Bonchev–Trinajstić information content (AvgIpc) is 2.84. The summed E-state index contributed by atoms with van der Waals surface area (Å²) >= 11 is 7.14. The number of carbonyl (C=O) groups excluding carboxylic acids is 1. The Morgan fingerprint density at radius 2 is 2.40 bits per heavy atom. The molecule has 0 bridgehead atoms. The Morgan fingerprint density at radius 3 is 3.00 bits per heavy atom. The van der Waals surface area contributed by atoms with Crippen molar-refractivity contribution in [2.24, 2.45) is 0 Å². The average molecular weight is 244 g/mol. The molecule has 0 aliphatic carbocycles. The Labute approximate surface area is 94.4 Å². The largest absolute Gasteiger partial charge is 0.463 e. The molecule has 2 aromatic rings. The lowest BCUT2D eigenvalue weighted by atomic mass is 10.3. The highest BCUT2D eigenvalue weighted by molar-refractivity contribution is 7.19. The Kier molecular flexibility index (Phi) is 2.75. The van der Waals surface area contributed by atoms with E-state index >= 15 is 0 Å². The molecule has 0 fully saturated rings. The lowest BCUT2D eigenvalue weighted by Gasteiger charge is -1.88. The first-order valence-electron chi connectivity index (χ1n) is 4.01. The molecule has 2 aromatic heterocycles. The van der Waals surface area contributed by atoms with E-state index in [2.05, 4.69) is 9.89 Å². The summed E-state index contributed by atoms with van der Waals surface area (Å²) in [7, 11) is 1.28. The van der Waals surface area contributed by atoms with Gasteiger partial charge in [0.05, 0.1) is 16.3 Å². The van der Waals surface area contributed by atoms with E-state index in [1.165, 1.54) is 24.5 Å². The molecular weight excluding hydrogens is 238 g/mol. The molecule has 0 saturated carbocycles. The molecule has 0 aliphatic rings. The monoisotopic (exact) mass is 243 g/mol. The van der Waals surface area contributed by atoms with Crippen LogP contribution in [-0.2, 0) is 4.74 Å². The third-order valence-corrected chi connectivity index (χ3v) is 2.98. The van der Waals surface area contributed by atoms with E-state index in [1.54, 1.807) is 6.07 Å². The predicted octanol–water partition coefficient (Wildman–Crippen LogP) is 2.84. The molecule has 0 atom stereocenters. The van der Waals surface area contributed by atoms with Gasteiger partial charge in [0.1, 0.15) is 5.69 Å². The molecule has 0 radical (unpaired) electrons. The minimum absolute atomic E-state index is 0.0806. The van der Waals surface area contributed by atoms with Gasteiger partial charge in [-0.3, -0.25) is 0 Å². The maximum absolute atomic E-state index is 11.1. The second-order valence-electron chi connectivity index (χ2n) is 2.67. The van der Waals surface area contributed by atoms with Gasteiger partial charge in [-0.1, -0.05) is 16.8 Å². The first kappa shape index (κ1) is 10.2. The number of hydrogen-bond acceptors (Lipinski definition) is 5. The smallest absolute Gasteiger partial charge is 0.376 e. The zero-order valence-electron chi connectivity index (χ0n) is 7.69. The fourth-order valence-corrected chi connectivity index (χ4v) is 2.04. The minimum Gasteiger partial charge on any atom is -0.463 e. The van der Waals surface area contributed by atoms with Crippen molar-refractivity contribution in [3.8, 4) is 10.6 Å². The summed E-state index contributed by atoms with van der Waals surface area (Å²) in [6, 6.07) is 5.09. The van der Waals surface area contributed by atoms with Crippen LogP contribution >= 0.6 is 22.9 Å². The Morgan fingerprint density at radius 1 is 1.60 bits per heavy atom. The molecule has 0 N–H and O–H groups in total. The Bertz CT molecular complexity index is 491. The van der Waals surface area contributed by atoms with E-state index in [-0.39, 0.29) is 5.76 Å². The van der Waals surface area contributed by atoms with Crippen LogP contribution in [0.1, 0.15) is 10.6 Å². The number of aromatic nitrogens is 1. The number of thiophene rings is 1. The SMILES string of the molecule is COC(=O)c1cc(-c2ccc(Cl)s2)no1. The lowest BCUT2D eigenvalue weighted by Crippen LogP contribution is -1.98. The standard InChI is InChI=1S/C9H6ClNO3S/c1-13-9(12)6-4-5(11-14-6)7-2-3-8(10)15-7/h2-4H,1H3. The van der Waals surface area contributed by atoms with Crippen molar-refractivity contribution >= 4 is 28.9 Å².